The predicted molar refractivity (Wildman–Crippen MR) is 72.5 cm³/mol. The van der Waals surface area contributed by atoms with Gasteiger partial charge in [0, 0.05) is 22.7 Å². The molecule has 2 aromatic rings. The van der Waals surface area contributed by atoms with Crippen molar-refractivity contribution in [1.82, 2.24) is 0 Å². The van der Waals surface area contributed by atoms with E-state index < -0.39 is 17.5 Å². The molecule has 2 aromatic carbocycles. The number of benzene rings is 2. The van der Waals surface area contributed by atoms with Crippen LogP contribution in [-0.4, -0.2) is 6.26 Å². The zero-order chi connectivity index (χ0) is 14.7. The highest BCUT2D eigenvalue weighted by atomic mass is 32.2. The van der Waals surface area contributed by atoms with Gasteiger partial charge in [0.1, 0.15) is 6.07 Å². The van der Waals surface area contributed by atoms with E-state index in [0.717, 1.165) is 17.0 Å². The standard InChI is InChI=1S/C14H9F3N2S/c1-20-13-4-2-3-12(9(13)7-18)19-8-5-10(15)14(17)11(16)6-8/h2-6,19H,1H3. The minimum Gasteiger partial charge on any atom is -0.354 e. The molecule has 1 N–H and O–H groups in total. The molecule has 0 aliphatic carbocycles. The lowest BCUT2D eigenvalue weighted by atomic mass is 10.2. The zero-order valence-corrected chi connectivity index (χ0v) is 11.2. The number of thioether (sulfide) groups is 1. The number of nitrogens with zero attached hydrogens (tertiary/aromatic N) is 1. The largest absolute Gasteiger partial charge is 0.354 e. The summed E-state index contributed by atoms with van der Waals surface area (Å²) in [5.74, 6) is -4.09. The lowest BCUT2D eigenvalue weighted by Gasteiger charge is -2.11. The Bertz CT molecular complexity index is 672. The van der Waals surface area contributed by atoms with Crippen molar-refractivity contribution in [2.24, 2.45) is 0 Å². The van der Waals surface area contributed by atoms with Crippen LogP contribution in [0.4, 0.5) is 24.5 Å². The van der Waals surface area contributed by atoms with Gasteiger partial charge in [0.15, 0.2) is 17.5 Å². The van der Waals surface area contributed by atoms with E-state index in [1.807, 2.05) is 12.3 Å². The quantitative estimate of drug-likeness (QED) is 0.671. The number of rotatable bonds is 3. The van der Waals surface area contributed by atoms with E-state index in [4.69, 9.17) is 5.26 Å². The van der Waals surface area contributed by atoms with E-state index >= 15 is 0 Å². The summed E-state index contributed by atoms with van der Waals surface area (Å²) in [5, 5.41) is 11.9. The molecular weight excluding hydrogens is 285 g/mol. The SMILES string of the molecule is CSc1cccc(Nc2cc(F)c(F)c(F)c2)c1C#N. The predicted octanol–water partition coefficient (Wildman–Crippen LogP) is 4.44. The molecule has 0 spiro atoms. The van der Waals surface area contributed by atoms with Gasteiger partial charge in [-0.3, -0.25) is 0 Å². The van der Waals surface area contributed by atoms with Crippen molar-refractivity contribution in [3.8, 4) is 6.07 Å². The van der Waals surface area contributed by atoms with E-state index in [1.54, 1.807) is 18.2 Å². The summed E-state index contributed by atoms with van der Waals surface area (Å²) < 4.78 is 39.2. The van der Waals surface area contributed by atoms with E-state index in [2.05, 4.69) is 5.32 Å². The Labute approximate surface area is 118 Å². The molecule has 2 rings (SSSR count). The summed E-state index contributed by atoms with van der Waals surface area (Å²) in [6.07, 6.45) is 1.82. The Hall–Kier alpha value is -2.13. The first-order valence-electron chi connectivity index (χ1n) is 5.55. The first-order chi connectivity index (χ1) is 9.56. The van der Waals surface area contributed by atoms with E-state index in [1.165, 1.54) is 11.8 Å². The molecular formula is C14H9F3N2S. The molecule has 0 saturated heterocycles. The molecule has 0 aromatic heterocycles. The van der Waals surface area contributed by atoms with Gasteiger partial charge in [0.2, 0.25) is 0 Å². The van der Waals surface area contributed by atoms with Crippen LogP contribution in [0.2, 0.25) is 0 Å². The summed E-state index contributed by atoms with van der Waals surface area (Å²) in [6, 6.07) is 8.79. The second-order valence-electron chi connectivity index (χ2n) is 3.87. The second-order valence-corrected chi connectivity index (χ2v) is 4.72. The van der Waals surface area contributed by atoms with Gasteiger partial charge in [-0.15, -0.1) is 11.8 Å². The van der Waals surface area contributed by atoms with Crippen LogP contribution in [0.1, 0.15) is 5.56 Å². The average molecular weight is 294 g/mol. The van der Waals surface area contributed by atoms with Crippen molar-refractivity contribution < 1.29 is 13.2 Å². The van der Waals surface area contributed by atoms with E-state index in [-0.39, 0.29) is 5.69 Å². The van der Waals surface area contributed by atoms with Crippen molar-refractivity contribution in [2.75, 3.05) is 11.6 Å². The minimum atomic E-state index is -1.52. The third-order valence-corrected chi connectivity index (χ3v) is 3.40. The molecule has 0 unspecified atom stereocenters. The summed E-state index contributed by atoms with van der Waals surface area (Å²) in [5.41, 5.74) is 0.811. The highest BCUT2D eigenvalue weighted by molar-refractivity contribution is 7.98. The molecule has 0 amide bonds. The smallest absolute Gasteiger partial charge is 0.194 e. The number of anilines is 2. The topological polar surface area (TPSA) is 35.8 Å². The van der Waals surface area contributed by atoms with Crippen molar-refractivity contribution in [2.45, 2.75) is 4.90 Å². The number of hydrogen-bond donors (Lipinski definition) is 1. The fourth-order valence-corrected chi connectivity index (χ4v) is 2.28. The second kappa shape index (κ2) is 5.88. The maximum Gasteiger partial charge on any atom is 0.194 e. The number of nitriles is 1. The van der Waals surface area contributed by atoms with Gasteiger partial charge in [-0.05, 0) is 18.4 Å². The molecule has 0 heterocycles. The number of halogens is 3. The van der Waals surface area contributed by atoms with Gasteiger partial charge in [-0.25, -0.2) is 13.2 Å². The van der Waals surface area contributed by atoms with Crippen LogP contribution in [0.5, 0.6) is 0 Å². The highest BCUT2D eigenvalue weighted by Gasteiger charge is 2.12. The Morgan fingerprint density at radius 3 is 2.35 bits per heavy atom. The van der Waals surface area contributed by atoms with Crippen molar-refractivity contribution in [3.05, 3.63) is 53.3 Å². The Balaban J connectivity index is 2.43. The maximum absolute atomic E-state index is 13.1. The highest BCUT2D eigenvalue weighted by Crippen LogP contribution is 2.29. The van der Waals surface area contributed by atoms with Gasteiger partial charge >= 0.3 is 0 Å². The fraction of sp³-hybridized carbons (Fsp3) is 0.0714. The molecule has 0 atom stereocenters. The van der Waals surface area contributed by atoms with E-state index in [9.17, 15) is 13.2 Å². The van der Waals surface area contributed by atoms with Gasteiger partial charge in [0.05, 0.1) is 11.3 Å². The lowest BCUT2D eigenvalue weighted by molar-refractivity contribution is 0.448. The van der Waals surface area contributed by atoms with Gasteiger partial charge < -0.3 is 5.32 Å². The molecule has 20 heavy (non-hydrogen) atoms. The Morgan fingerprint density at radius 2 is 1.80 bits per heavy atom. The molecule has 6 heteroatoms. The number of hydrogen-bond acceptors (Lipinski definition) is 3. The van der Waals surface area contributed by atoms with Crippen molar-refractivity contribution in [1.29, 1.82) is 5.26 Å². The van der Waals surface area contributed by atoms with Crippen LogP contribution in [-0.2, 0) is 0 Å². The van der Waals surface area contributed by atoms with Crippen LogP contribution in [0, 0.1) is 28.8 Å². The lowest BCUT2D eigenvalue weighted by Crippen LogP contribution is -1.98. The minimum absolute atomic E-state index is 0.0381. The molecule has 0 saturated carbocycles. The van der Waals surface area contributed by atoms with Crippen LogP contribution in [0.3, 0.4) is 0 Å². The summed E-state index contributed by atoms with van der Waals surface area (Å²) in [7, 11) is 0. The Morgan fingerprint density at radius 1 is 1.15 bits per heavy atom. The summed E-state index contributed by atoms with van der Waals surface area (Å²) in [6.45, 7) is 0. The molecule has 102 valence electrons. The van der Waals surface area contributed by atoms with Crippen LogP contribution >= 0.6 is 11.8 Å². The Kier molecular flexibility index (Phi) is 4.20. The monoisotopic (exact) mass is 294 g/mol. The van der Waals surface area contributed by atoms with Crippen LogP contribution in [0.15, 0.2) is 35.2 Å². The third kappa shape index (κ3) is 2.73. The first-order valence-corrected chi connectivity index (χ1v) is 6.78. The molecule has 0 radical (unpaired) electrons. The summed E-state index contributed by atoms with van der Waals surface area (Å²) >= 11 is 1.38. The molecule has 2 nitrogen and oxygen atoms in total. The normalized spacial score (nSPS) is 10.2. The fourth-order valence-electron chi connectivity index (χ4n) is 1.70. The molecule has 0 bridgehead atoms. The molecule has 0 fully saturated rings. The summed E-state index contributed by atoms with van der Waals surface area (Å²) in [4.78, 5) is 0.737. The van der Waals surface area contributed by atoms with Crippen molar-refractivity contribution in [3.63, 3.8) is 0 Å². The zero-order valence-electron chi connectivity index (χ0n) is 10.4. The van der Waals surface area contributed by atoms with Crippen molar-refractivity contribution >= 4 is 23.1 Å². The molecule has 0 aliphatic heterocycles. The van der Waals surface area contributed by atoms with Gasteiger partial charge in [-0.1, -0.05) is 6.07 Å². The van der Waals surface area contributed by atoms with Crippen LogP contribution in [0.25, 0.3) is 0 Å². The maximum atomic E-state index is 13.1. The number of nitrogens with one attached hydrogen (secondary N) is 1. The average Bonchev–Trinajstić information content (AvgIpc) is 2.44. The third-order valence-electron chi connectivity index (χ3n) is 2.62. The van der Waals surface area contributed by atoms with E-state index in [0.29, 0.717) is 11.3 Å². The molecule has 0 aliphatic rings. The van der Waals surface area contributed by atoms with Gasteiger partial charge in [0.25, 0.3) is 0 Å². The van der Waals surface area contributed by atoms with Gasteiger partial charge in [-0.2, -0.15) is 5.26 Å². The van der Waals surface area contributed by atoms with Crippen LogP contribution < -0.4 is 5.32 Å². The first kappa shape index (κ1) is 14.3.